The zero-order chi connectivity index (χ0) is 29.6. The highest BCUT2D eigenvalue weighted by Gasteiger charge is 2.26. The van der Waals surface area contributed by atoms with Crippen LogP contribution in [0.4, 0.5) is 8.78 Å². The summed E-state index contributed by atoms with van der Waals surface area (Å²) in [5.74, 6) is -0.497. The minimum absolute atomic E-state index is 0.248. The van der Waals surface area contributed by atoms with Crippen LogP contribution in [0.3, 0.4) is 0 Å². The zero-order valence-corrected chi connectivity index (χ0v) is 25.1. The predicted octanol–water partition coefficient (Wildman–Crippen LogP) is 8.80. The second-order valence-electron chi connectivity index (χ2n) is 11.0. The van der Waals surface area contributed by atoms with E-state index in [-0.39, 0.29) is 11.6 Å². The molecule has 0 radical (unpaired) electrons. The third-order valence-electron chi connectivity index (χ3n) is 7.75. The summed E-state index contributed by atoms with van der Waals surface area (Å²) < 4.78 is 29.8. The molecule has 212 valence electrons. The third-order valence-corrected chi connectivity index (χ3v) is 10.5. The third kappa shape index (κ3) is 6.99. The second kappa shape index (κ2) is 13.3. The number of hydrogen-bond acceptors (Lipinski definition) is 0. The van der Waals surface area contributed by atoms with Crippen molar-refractivity contribution in [2.75, 3.05) is 0 Å². The Morgan fingerprint density at radius 3 is 1.16 bits per heavy atom. The maximum atomic E-state index is 14.9. The molecule has 43 heavy (non-hydrogen) atoms. The summed E-state index contributed by atoms with van der Waals surface area (Å²) in [5.41, 5.74) is 7.83. The van der Waals surface area contributed by atoms with Gasteiger partial charge < -0.3 is 0 Å². The first-order valence-corrected chi connectivity index (χ1v) is 16.0. The summed E-state index contributed by atoms with van der Waals surface area (Å²) in [7, 11) is -1.17. The van der Waals surface area contributed by atoms with E-state index in [1.165, 1.54) is 22.0 Å². The fraction of sp³-hybridized carbons (Fsp3) is 0.100. The maximum Gasteiger partial charge on any atom is 0.123 e. The minimum atomic E-state index is -1.17. The molecule has 0 atom stereocenters. The molecule has 0 bridgehead atoms. The molecule has 0 aliphatic heterocycles. The lowest BCUT2D eigenvalue weighted by Gasteiger charge is -2.27. The van der Waals surface area contributed by atoms with E-state index in [0.29, 0.717) is 12.8 Å². The molecule has 0 aromatic heterocycles. The van der Waals surface area contributed by atoms with Crippen LogP contribution >= 0.6 is 7.92 Å². The van der Waals surface area contributed by atoms with E-state index in [2.05, 4.69) is 73.7 Å². The number of aryl methyl sites for hydroxylation is 1. The average molecular weight is 583 g/mol. The SMILES string of the molecule is Cc1ccc(P(c2ccc(F)cc2Cc2ccccc2)c2ccc(F)cc2Cc2ccccc2)c(Cc2ccccc2)c1. The van der Waals surface area contributed by atoms with E-state index in [0.717, 1.165) is 39.3 Å². The average Bonchev–Trinajstić information content (AvgIpc) is 3.01. The van der Waals surface area contributed by atoms with Gasteiger partial charge in [-0.3, -0.25) is 0 Å². The number of halogens is 2. The summed E-state index contributed by atoms with van der Waals surface area (Å²) in [6, 6.07) is 48.0. The summed E-state index contributed by atoms with van der Waals surface area (Å²) in [6.45, 7) is 2.12. The molecule has 0 unspecified atom stereocenters. The van der Waals surface area contributed by atoms with Crippen LogP contribution in [-0.2, 0) is 19.3 Å². The Morgan fingerprint density at radius 1 is 0.419 bits per heavy atom. The van der Waals surface area contributed by atoms with Gasteiger partial charge in [0.25, 0.3) is 0 Å². The highest BCUT2D eigenvalue weighted by Crippen LogP contribution is 2.39. The van der Waals surface area contributed by atoms with Crippen LogP contribution in [0.15, 0.2) is 146 Å². The topological polar surface area (TPSA) is 0 Å². The Morgan fingerprint density at radius 2 is 0.767 bits per heavy atom. The highest BCUT2D eigenvalue weighted by molar-refractivity contribution is 7.80. The minimum Gasteiger partial charge on any atom is -0.207 e. The zero-order valence-electron chi connectivity index (χ0n) is 24.2. The summed E-state index contributed by atoms with van der Waals surface area (Å²) in [6.07, 6.45) is 2.00. The van der Waals surface area contributed by atoms with E-state index in [1.54, 1.807) is 24.3 Å². The number of rotatable bonds is 9. The smallest absolute Gasteiger partial charge is 0.123 e. The Hall–Kier alpha value is -4.39. The van der Waals surface area contributed by atoms with Gasteiger partial charge in [0.05, 0.1) is 0 Å². The largest absolute Gasteiger partial charge is 0.207 e. The quantitative estimate of drug-likeness (QED) is 0.150. The Bertz CT molecular complexity index is 1600. The van der Waals surface area contributed by atoms with Gasteiger partial charge in [0.2, 0.25) is 0 Å². The van der Waals surface area contributed by atoms with Crippen LogP contribution in [0.5, 0.6) is 0 Å². The molecule has 0 fully saturated rings. The lowest BCUT2D eigenvalue weighted by atomic mass is 10.0. The number of hydrogen-bond donors (Lipinski definition) is 0. The summed E-state index contributed by atoms with van der Waals surface area (Å²) >= 11 is 0. The van der Waals surface area contributed by atoms with Gasteiger partial charge in [0.1, 0.15) is 11.6 Å². The van der Waals surface area contributed by atoms with Gasteiger partial charge in [-0.05, 0) is 108 Å². The van der Waals surface area contributed by atoms with Crippen LogP contribution in [0.25, 0.3) is 0 Å². The maximum absolute atomic E-state index is 14.9. The van der Waals surface area contributed by atoms with E-state index in [1.807, 2.05) is 54.6 Å². The van der Waals surface area contributed by atoms with Crippen molar-refractivity contribution in [3.63, 3.8) is 0 Å². The van der Waals surface area contributed by atoms with Crippen molar-refractivity contribution < 1.29 is 8.78 Å². The van der Waals surface area contributed by atoms with Gasteiger partial charge in [0, 0.05) is 0 Å². The molecule has 0 N–H and O–H groups in total. The molecule has 0 heterocycles. The van der Waals surface area contributed by atoms with Crippen LogP contribution in [0.2, 0.25) is 0 Å². The van der Waals surface area contributed by atoms with Gasteiger partial charge in [-0.2, -0.15) is 0 Å². The lowest BCUT2D eigenvalue weighted by molar-refractivity contribution is 0.626. The predicted molar refractivity (Wildman–Crippen MR) is 178 cm³/mol. The number of benzene rings is 6. The molecule has 6 rings (SSSR count). The van der Waals surface area contributed by atoms with Gasteiger partial charge in [-0.15, -0.1) is 0 Å². The van der Waals surface area contributed by atoms with Crippen molar-refractivity contribution in [2.45, 2.75) is 26.2 Å². The molecular weight excluding hydrogens is 549 g/mol. The van der Waals surface area contributed by atoms with Crippen LogP contribution in [-0.4, -0.2) is 0 Å². The van der Waals surface area contributed by atoms with Gasteiger partial charge in [-0.25, -0.2) is 8.78 Å². The molecule has 0 saturated carbocycles. The van der Waals surface area contributed by atoms with Crippen molar-refractivity contribution in [2.24, 2.45) is 0 Å². The molecule has 0 nitrogen and oxygen atoms in total. The van der Waals surface area contributed by atoms with E-state index >= 15 is 0 Å². The lowest BCUT2D eigenvalue weighted by Crippen LogP contribution is -2.28. The first-order valence-electron chi connectivity index (χ1n) is 14.6. The summed E-state index contributed by atoms with van der Waals surface area (Å²) in [5, 5.41) is 3.41. The van der Waals surface area contributed by atoms with Crippen LogP contribution in [0.1, 0.15) is 38.9 Å². The van der Waals surface area contributed by atoms with Gasteiger partial charge in [-0.1, -0.05) is 127 Å². The Labute approximate surface area is 254 Å². The van der Waals surface area contributed by atoms with E-state index < -0.39 is 7.92 Å². The molecule has 0 aliphatic rings. The standard InChI is InChI=1S/C40H33F2P/c1-29-17-20-38(33(23-29)24-30-11-5-2-6-12-30)43(39-21-18-36(41)27-34(39)25-31-13-7-3-8-14-31)40-22-19-37(42)28-35(40)26-32-15-9-4-10-16-32/h2-23,27-28H,24-26H2,1H3. The first kappa shape index (κ1) is 28.7. The molecule has 0 spiro atoms. The molecular formula is C40H33F2P. The highest BCUT2D eigenvalue weighted by atomic mass is 31.1. The Kier molecular flexibility index (Phi) is 8.87. The molecule has 0 amide bonds. The fourth-order valence-corrected chi connectivity index (χ4v) is 8.48. The van der Waals surface area contributed by atoms with E-state index in [9.17, 15) is 8.78 Å². The van der Waals surface area contributed by atoms with Gasteiger partial charge in [0.15, 0.2) is 0 Å². The van der Waals surface area contributed by atoms with Crippen LogP contribution in [0, 0.1) is 18.6 Å². The second-order valence-corrected chi connectivity index (χ2v) is 13.1. The van der Waals surface area contributed by atoms with Crippen molar-refractivity contribution in [3.05, 3.63) is 196 Å². The molecule has 6 aromatic rings. The van der Waals surface area contributed by atoms with Crippen molar-refractivity contribution in [1.82, 2.24) is 0 Å². The molecule has 0 saturated heterocycles. The molecule has 0 aliphatic carbocycles. The normalized spacial score (nSPS) is 11.2. The van der Waals surface area contributed by atoms with Crippen molar-refractivity contribution in [3.8, 4) is 0 Å². The van der Waals surface area contributed by atoms with Gasteiger partial charge >= 0.3 is 0 Å². The fourth-order valence-electron chi connectivity index (χ4n) is 5.74. The van der Waals surface area contributed by atoms with Crippen molar-refractivity contribution in [1.29, 1.82) is 0 Å². The van der Waals surface area contributed by atoms with E-state index in [4.69, 9.17) is 0 Å². The first-order chi connectivity index (χ1) is 21.0. The van der Waals surface area contributed by atoms with Crippen molar-refractivity contribution >= 4 is 23.8 Å². The molecule has 3 heteroatoms. The molecule has 6 aromatic carbocycles. The van der Waals surface area contributed by atoms with Crippen LogP contribution < -0.4 is 15.9 Å². The monoisotopic (exact) mass is 582 g/mol. The summed E-state index contributed by atoms with van der Waals surface area (Å²) in [4.78, 5) is 0. The Balaban J connectivity index is 1.58.